The first-order chi connectivity index (χ1) is 12.5. The smallest absolute Gasteiger partial charge is 0.378 e. The van der Waals surface area contributed by atoms with Gasteiger partial charge in [-0.1, -0.05) is 46.5 Å². The van der Waals surface area contributed by atoms with E-state index < -0.39 is 20.1 Å². The van der Waals surface area contributed by atoms with E-state index in [0.717, 1.165) is 5.56 Å². The van der Waals surface area contributed by atoms with Gasteiger partial charge in [0, 0.05) is 5.56 Å². The van der Waals surface area contributed by atoms with E-state index in [1.54, 1.807) is 23.2 Å². The highest BCUT2D eigenvalue weighted by atomic mass is 32.2. The number of sulfonamides is 1. The molecule has 6 nitrogen and oxygen atoms in total. The molecule has 0 N–H and O–H groups in total. The highest BCUT2D eigenvalue weighted by Crippen LogP contribution is 2.46. The van der Waals surface area contributed by atoms with E-state index in [2.05, 4.69) is 0 Å². The number of carbonyl (C=O) groups excluding carboxylic acids is 1. The van der Waals surface area contributed by atoms with Crippen molar-refractivity contribution < 1.29 is 21.9 Å². The average Bonchev–Trinajstić information content (AvgIpc) is 2.87. The summed E-state index contributed by atoms with van der Waals surface area (Å²) in [7, 11) is -3.95. The van der Waals surface area contributed by atoms with Gasteiger partial charge in [-0.3, -0.25) is 0 Å². The summed E-state index contributed by atoms with van der Waals surface area (Å²) in [6.45, 7) is 3.39. The average molecular weight is 373 g/mol. The molecule has 2 aliphatic rings. The number of fused-ring (bicyclic) bond motifs is 1. The zero-order valence-electron chi connectivity index (χ0n) is 14.5. The van der Waals surface area contributed by atoms with Crippen molar-refractivity contribution in [2.24, 2.45) is 0 Å². The first-order valence-electron chi connectivity index (χ1n) is 8.67. The lowest BCUT2D eigenvalue weighted by molar-refractivity contribution is -0.881. The lowest BCUT2D eigenvalue weighted by Gasteiger charge is -2.43. The zero-order chi connectivity index (χ0) is 18.4. The minimum absolute atomic E-state index is 0.110. The number of morpholine rings is 1. The lowest BCUT2D eigenvalue weighted by Crippen LogP contribution is -2.66. The predicted octanol–water partition coefficient (Wildman–Crippen LogP) is 2.35. The molecular formula is C19H21N2O4S+. The second-order valence-electron chi connectivity index (χ2n) is 6.55. The number of ether oxygens (including phenoxy) is 1. The van der Waals surface area contributed by atoms with Gasteiger partial charge in [0.25, 0.3) is 0 Å². The molecule has 1 amide bonds. The van der Waals surface area contributed by atoms with Gasteiger partial charge < -0.3 is 4.74 Å². The van der Waals surface area contributed by atoms with Crippen molar-refractivity contribution >= 4 is 15.9 Å². The number of hydrogen-bond donors (Lipinski definition) is 0. The Morgan fingerprint density at radius 3 is 2.27 bits per heavy atom. The summed E-state index contributed by atoms with van der Waals surface area (Å²) in [5, 5.41) is 1.75. The molecule has 0 aromatic heterocycles. The molecule has 7 heteroatoms. The second kappa shape index (κ2) is 6.28. The fourth-order valence-electron chi connectivity index (χ4n) is 3.99. The molecule has 0 spiro atoms. The minimum atomic E-state index is -3.95. The molecule has 2 heterocycles. The first kappa shape index (κ1) is 17.4. The van der Waals surface area contributed by atoms with Crippen LogP contribution in [-0.2, 0) is 14.8 Å². The zero-order valence-corrected chi connectivity index (χ0v) is 15.4. The van der Waals surface area contributed by atoms with Gasteiger partial charge in [-0.15, -0.1) is 5.01 Å². The van der Waals surface area contributed by atoms with Crippen LogP contribution in [-0.4, -0.2) is 49.6 Å². The van der Waals surface area contributed by atoms with E-state index in [1.807, 2.05) is 37.3 Å². The van der Waals surface area contributed by atoms with E-state index in [9.17, 15) is 13.2 Å². The van der Waals surface area contributed by atoms with Gasteiger partial charge >= 0.3 is 15.9 Å². The van der Waals surface area contributed by atoms with Crippen LogP contribution in [0.25, 0.3) is 0 Å². The van der Waals surface area contributed by atoms with Crippen molar-refractivity contribution in [3.8, 4) is 0 Å². The summed E-state index contributed by atoms with van der Waals surface area (Å²) in [6.07, 6.45) is 0. The quantitative estimate of drug-likeness (QED) is 0.773. The molecule has 2 aliphatic heterocycles. The number of benzene rings is 2. The summed E-state index contributed by atoms with van der Waals surface area (Å²) < 4.78 is 32.1. The fourth-order valence-corrected chi connectivity index (χ4v) is 6.30. The topological polar surface area (TPSA) is 63.7 Å². The summed E-state index contributed by atoms with van der Waals surface area (Å²) in [6, 6.07) is 15.3. The molecule has 2 atom stereocenters. The number of quaternary nitrogens is 1. The molecule has 1 fully saturated rings. The van der Waals surface area contributed by atoms with Gasteiger partial charge in [-0.25, -0.2) is 4.79 Å². The van der Waals surface area contributed by atoms with E-state index in [1.165, 1.54) is 6.07 Å². The van der Waals surface area contributed by atoms with Gasteiger partial charge in [0.2, 0.25) is 0 Å². The molecule has 0 bridgehead atoms. The van der Waals surface area contributed by atoms with Crippen LogP contribution >= 0.6 is 0 Å². The molecule has 26 heavy (non-hydrogen) atoms. The first-order valence-corrected chi connectivity index (χ1v) is 10.1. The Balaban J connectivity index is 1.97. The molecule has 4 rings (SSSR count). The number of carbonyl (C=O) groups is 1. The predicted molar refractivity (Wildman–Crippen MR) is 95.5 cm³/mol. The van der Waals surface area contributed by atoms with Gasteiger partial charge in [-0.2, -0.15) is 8.42 Å². The van der Waals surface area contributed by atoms with Crippen LogP contribution in [0.1, 0.15) is 28.9 Å². The van der Waals surface area contributed by atoms with Crippen molar-refractivity contribution in [1.29, 1.82) is 0 Å². The number of hydrogen-bond acceptors (Lipinski definition) is 5. The third kappa shape index (κ3) is 2.21. The van der Waals surface area contributed by atoms with Gasteiger partial charge in [0.05, 0.1) is 26.3 Å². The lowest BCUT2D eigenvalue weighted by atomic mass is 10.1. The van der Waals surface area contributed by atoms with Crippen LogP contribution in [0.2, 0.25) is 0 Å². The molecule has 0 radical (unpaired) electrons. The van der Waals surface area contributed by atoms with Crippen LogP contribution in [0, 0.1) is 0 Å². The Bertz CT molecular complexity index is 939. The van der Waals surface area contributed by atoms with Crippen LogP contribution in [0.5, 0.6) is 0 Å². The third-order valence-corrected chi connectivity index (χ3v) is 7.63. The van der Waals surface area contributed by atoms with Crippen LogP contribution in [0.3, 0.4) is 0 Å². The third-order valence-electron chi connectivity index (χ3n) is 5.27. The second-order valence-corrected chi connectivity index (χ2v) is 8.50. The summed E-state index contributed by atoms with van der Waals surface area (Å²) in [4.78, 5) is 13.7. The van der Waals surface area contributed by atoms with Gasteiger partial charge in [0.1, 0.15) is 10.5 Å². The van der Waals surface area contributed by atoms with E-state index in [4.69, 9.17) is 4.74 Å². The summed E-state index contributed by atoms with van der Waals surface area (Å²) >= 11 is 0. The van der Waals surface area contributed by atoms with E-state index in [0.29, 0.717) is 26.3 Å². The van der Waals surface area contributed by atoms with Crippen molar-refractivity contribution in [2.75, 3.05) is 26.3 Å². The van der Waals surface area contributed by atoms with Gasteiger partial charge in [-0.05, 0) is 19.1 Å². The maximum Gasteiger partial charge on any atom is 0.383 e. The standard InChI is InChI=1S/C19H21N2O4S/c1-15(16-7-3-2-4-8-16)21(20-11-13-25-14-12-20)19(22)17-9-5-6-10-18(17)26(21,23)24/h2-10,15H,11-14H2,1H3/q+1. The van der Waals surface area contributed by atoms with Gasteiger partial charge in [0.15, 0.2) is 6.04 Å². The molecule has 2 aromatic rings. The molecule has 0 saturated carbocycles. The normalized spacial score (nSPS) is 26.4. The Morgan fingerprint density at radius 1 is 1.00 bits per heavy atom. The maximum atomic E-state index is 13.7. The number of rotatable bonds is 3. The number of amides is 1. The van der Waals surface area contributed by atoms with Crippen LogP contribution < -0.4 is 0 Å². The Labute approximate surface area is 153 Å². The maximum absolute atomic E-state index is 13.7. The molecule has 0 aliphatic carbocycles. The molecular weight excluding hydrogens is 352 g/mol. The fraction of sp³-hybridized carbons (Fsp3) is 0.316. The number of nitrogens with zero attached hydrogens (tertiary/aromatic N) is 2. The highest BCUT2D eigenvalue weighted by molar-refractivity contribution is 7.86. The van der Waals surface area contributed by atoms with Crippen LogP contribution in [0.15, 0.2) is 59.5 Å². The monoisotopic (exact) mass is 373 g/mol. The molecule has 2 aromatic carbocycles. The SMILES string of the molecule is CC(c1ccccc1)[N+]1(N2CCOCC2)C(=O)c2ccccc2S1(=O)=O. The highest BCUT2D eigenvalue weighted by Gasteiger charge is 2.65. The van der Waals surface area contributed by atoms with Crippen molar-refractivity contribution in [2.45, 2.75) is 17.9 Å². The molecule has 136 valence electrons. The van der Waals surface area contributed by atoms with Crippen molar-refractivity contribution in [3.05, 3.63) is 65.7 Å². The van der Waals surface area contributed by atoms with Crippen molar-refractivity contribution in [3.63, 3.8) is 0 Å². The van der Waals surface area contributed by atoms with Crippen molar-refractivity contribution in [1.82, 2.24) is 5.01 Å². The summed E-state index contributed by atoms with van der Waals surface area (Å²) in [5.74, 6) is -0.390. The Morgan fingerprint density at radius 2 is 1.62 bits per heavy atom. The van der Waals surface area contributed by atoms with E-state index >= 15 is 0 Å². The Hall–Kier alpha value is -2.06. The van der Waals surface area contributed by atoms with Crippen LogP contribution in [0.4, 0.5) is 0 Å². The molecule has 1 saturated heterocycles. The largest absolute Gasteiger partial charge is 0.383 e. The van der Waals surface area contributed by atoms with E-state index in [-0.39, 0.29) is 16.4 Å². The summed E-state index contributed by atoms with van der Waals surface area (Å²) in [5.41, 5.74) is 1.07. The minimum Gasteiger partial charge on any atom is -0.378 e. The molecule has 2 unspecified atom stereocenters. The Kier molecular flexibility index (Phi) is 4.19.